The molecule has 0 aliphatic heterocycles. The Morgan fingerprint density at radius 3 is 0.676 bits per heavy atom. The molecule has 2 heteroatoms. The van der Waals surface area contributed by atoms with Gasteiger partial charge in [-0.2, -0.15) is 0 Å². The Labute approximate surface area is 216 Å². The van der Waals surface area contributed by atoms with Gasteiger partial charge in [-0.25, -0.2) is 0 Å². The first kappa shape index (κ1) is 33.9. The van der Waals surface area contributed by atoms with E-state index in [-0.39, 0.29) is 0 Å². The van der Waals surface area contributed by atoms with Crippen molar-refractivity contribution in [3.63, 3.8) is 0 Å². The van der Waals surface area contributed by atoms with Gasteiger partial charge in [0.25, 0.3) is 0 Å². The summed E-state index contributed by atoms with van der Waals surface area (Å²) in [6.45, 7) is 7.97. The maximum atomic E-state index is 5.73. The second-order valence-electron chi connectivity index (χ2n) is 10.7. The van der Waals surface area contributed by atoms with Gasteiger partial charge in [0.1, 0.15) is 0 Å². The van der Waals surface area contributed by atoms with Crippen LogP contribution in [0.4, 0.5) is 0 Å². The van der Waals surface area contributed by atoms with E-state index >= 15 is 0 Å². The predicted octanol–water partition coefficient (Wildman–Crippen LogP) is 11.2. The highest BCUT2D eigenvalue weighted by Crippen LogP contribution is 2.14. The number of rotatable bonds is 31. The van der Waals surface area contributed by atoms with Crippen LogP contribution in [-0.2, 0) is 9.47 Å². The van der Waals surface area contributed by atoms with Crippen LogP contribution in [0, 0.1) is 0 Å². The molecule has 0 saturated carbocycles. The van der Waals surface area contributed by atoms with E-state index in [1.165, 1.54) is 167 Å². The van der Waals surface area contributed by atoms with Crippen molar-refractivity contribution in [2.75, 3.05) is 26.4 Å². The average molecular weight is 483 g/mol. The molecule has 0 fully saturated rings. The molecule has 0 aromatic rings. The van der Waals surface area contributed by atoms with Gasteiger partial charge in [0.15, 0.2) is 0 Å². The highest BCUT2D eigenvalue weighted by molar-refractivity contribution is 4.50. The second-order valence-corrected chi connectivity index (χ2v) is 10.7. The van der Waals surface area contributed by atoms with Crippen LogP contribution in [0.1, 0.15) is 181 Å². The molecule has 0 N–H and O–H groups in total. The molecule has 206 valence electrons. The second kappa shape index (κ2) is 32.9. The van der Waals surface area contributed by atoms with E-state index in [2.05, 4.69) is 13.8 Å². The summed E-state index contributed by atoms with van der Waals surface area (Å²) in [5.41, 5.74) is 0. The molecule has 34 heavy (non-hydrogen) atoms. The fraction of sp³-hybridized carbons (Fsp3) is 1.00. The Bertz CT molecular complexity index is 299. The van der Waals surface area contributed by atoms with E-state index in [0.29, 0.717) is 0 Å². The molecule has 0 bridgehead atoms. The van der Waals surface area contributed by atoms with Crippen LogP contribution in [0.3, 0.4) is 0 Å². The molecule has 0 heterocycles. The van der Waals surface area contributed by atoms with Crippen molar-refractivity contribution in [2.45, 2.75) is 181 Å². The minimum Gasteiger partial charge on any atom is -0.379 e. The van der Waals surface area contributed by atoms with Crippen LogP contribution < -0.4 is 0 Å². The van der Waals surface area contributed by atoms with E-state index < -0.39 is 0 Å². The minimum atomic E-state index is 0.774. The molecule has 0 aromatic carbocycles. The topological polar surface area (TPSA) is 18.5 Å². The molecule has 0 rings (SSSR count). The molecule has 0 unspecified atom stereocenters. The number of unbranched alkanes of at least 4 members (excludes halogenated alkanes) is 24. The number of hydrogen-bond acceptors (Lipinski definition) is 2. The summed E-state index contributed by atoms with van der Waals surface area (Å²) in [6.07, 6.45) is 36.6. The lowest BCUT2D eigenvalue weighted by atomic mass is 10.0. The molecular formula is C32H66O2. The van der Waals surface area contributed by atoms with Crippen molar-refractivity contribution in [3.8, 4) is 0 Å². The van der Waals surface area contributed by atoms with Crippen molar-refractivity contribution in [1.82, 2.24) is 0 Å². The normalized spacial score (nSPS) is 11.5. The zero-order valence-electron chi connectivity index (χ0n) is 24.0. The van der Waals surface area contributed by atoms with Gasteiger partial charge in [-0.3, -0.25) is 0 Å². The first-order valence-corrected chi connectivity index (χ1v) is 16.1. The van der Waals surface area contributed by atoms with E-state index in [4.69, 9.17) is 9.47 Å². The Kier molecular flexibility index (Phi) is 32.8. The third-order valence-electron chi connectivity index (χ3n) is 7.16. The first-order valence-electron chi connectivity index (χ1n) is 16.1. The fourth-order valence-electron chi connectivity index (χ4n) is 4.77. The highest BCUT2D eigenvalue weighted by Gasteiger charge is 1.96. The Hall–Kier alpha value is -0.0800. The van der Waals surface area contributed by atoms with E-state index in [0.717, 1.165) is 26.4 Å². The number of hydrogen-bond donors (Lipinski definition) is 0. The van der Waals surface area contributed by atoms with Crippen LogP contribution >= 0.6 is 0 Å². The minimum absolute atomic E-state index is 0.774. The first-order chi connectivity index (χ1) is 16.9. The van der Waals surface area contributed by atoms with Gasteiger partial charge in [-0.15, -0.1) is 0 Å². The molecule has 0 radical (unpaired) electrons. The maximum absolute atomic E-state index is 5.73. The van der Waals surface area contributed by atoms with Crippen molar-refractivity contribution in [1.29, 1.82) is 0 Å². The SMILES string of the molecule is CCCCCCCCCCCCCCCCCCOCCOCCCCCCCCCCCC. The summed E-state index contributed by atoms with van der Waals surface area (Å²) in [6, 6.07) is 0. The highest BCUT2D eigenvalue weighted by atomic mass is 16.5. The van der Waals surface area contributed by atoms with Crippen molar-refractivity contribution in [2.24, 2.45) is 0 Å². The lowest BCUT2D eigenvalue weighted by molar-refractivity contribution is 0.0448. The largest absolute Gasteiger partial charge is 0.379 e. The fourth-order valence-corrected chi connectivity index (χ4v) is 4.77. The standard InChI is InChI=1S/C32H66O2/c1-3-5-7-9-11-13-15-16-17-18-19-20-22-24-26-28-30-34-32-31-33-29-27-25-23-21-14-12-10-8-6-4-2/h3-32H2,1-2H3. The van der Waals surface area contributed by atoms with E-state index in [9.17, 15) is 0 Å². The lowest BCUT2D eigenvalue weighted by Gasteiger charge is -2.06. The van der Waals surface area contributed by atoms with Gasteiger partial charge in [0, 0.05) is 13.2 Å². The quantitative estimate of drug-likeness (QED) is 0.0914. The van der Waals surface area contributed by atoms with Crippen LogP contribution in [0.2, 0.25) is 0 Å². The zero-order valence-corrected chi connectivity index (χ0v) is 24.0. The molecule has 0 aromatic heterocycles. The van der Waals surface area contributed by atoms with Crippen molar-refractivity contribution < 1.29 is 9.47 Å². The molecular weight excluding hydrogens is 416 g/mol. The predicted molar refractivity (Wildman–Crippen MR) is 153 cm³/mol. The summed E-state index contributed by atoms with van der Waals surface area (Å²) >= 11 is 0. The molecule has 0 saturated heterocycles. The summed E-state index contributed by atoms with van der Waals surface area (Å²) in [4.78, 5) is 0. The van der Waals surface area contributed by atoms with Gasteiger partial charge in [0.05, 0.1) is 13.2 Å². The van der Waals surface area contributed by atoms with Gasteiger partial charge >= 0.3 is 0 Å². The summed E-state index contributed by atoms with van der Waals surface area (Å²) in [5.74, 6) is 0. The molecule has 0 aliphatic rings. The Balaban J connectivity index is 2.99. The summed E-state index contributed by atoms with van der Waals surface area (Å²) < 4.78 is 11.4. The van der Waals surface area contributed by atoms with Crippen LogP contribution in [0.15, 0.2) is 0 Å². The third kappa shape index (κ3) is 31.9. The third-order valence-corrected chi connectivity index (χ3v) is 7.16. The van der Waals surface area contributed by atoms with E-state index in [1.54, 1.807) is 0 Å². The molecule has 2 nitrogen and oxygen atoms in total. The number of ether oxygens (including phenoxy) is 2. The van der Waals surface area contributed by atoms with Gasteiger partial charge in [-0.05, 0) is 12.8 Å². The van der Waals surface area contributed by atoms with Gasteiger partial charge < -0.3 is 9.47 Å². The average Bonchev–Trinajstić information content (AvgIpc) is 2.85. The lowest BCUT2D eigenvalue weighted by Crippen LogP contribution is -2.06. The monoisotopic (exact) mass is 483 g/mol. The van der Waals surface area contributed by atoms with Gasteiger partial charge in [0.2, 0.25) is 0 Å². The van der Waals surface area contributed by atoms with Crippen LogP contribution in [0.5, 0.6) is 0 Å². The smallest absolute Gasteiger partial charge is 0.0700 e. The van der Waals surface area contributed by atoms with Crippen molar-refractivity contribution in [3.05, 3.63) is 0 Å². The maximum Gasteiger partial charge on any atom is 0.0700 e. The summed E-state index contributed by atoms with van der Waals surface area (Å²) in [5, 5.41) is 0. The van der Waals surface area contributed by atoms with Crippen LogP contribution in [0.25, 0.3) is 0 Å². The van der Waals surface area contributed by atoms with Crippen molar-refractivity contribution >= 4 is 0 Å². The summed E-state index contributed by atoms with van der Waals surface area (Å²) in [7, 11) is 0. The zero-order chi connectivity index (χ0) is 24.6. The van der Waals surface area contributed by atoms with E-state index in [1.807, 2.05) is 0 Å². The molecule has 0 atom stereocenters. The Morgan fingerprint density at radius 1 is 0.235 bits per heavy atom. The molecule has 0 amide bonds. The van der Waals surface area contributed by atoms with Crippen LogP contribution in [-0.4, -0.2) is 26.4 Å². The molecule has 0 aliphatic carbocycles. The Morgan fingerprint density at radius 2 is 0.441 bits per heavy atom. The molecule has 0 spiro atoms. The van der Waals surface area contributed by atoms with Gasteiger partial charge in [-0.1, -0.05) is 168 Å².